The molecule has 1 aromatic heterocycles. The zero-order valence-corrected chi connectivity index (χ0v) is 16.2. The number of hydrogen-bond donors (Lipinski definition) is 1. The van der Waals surface area contributed by atoms with E-state index < -0.39 is 0 Å². The first-order valence-electron chi connectivity index (χ1n) is 10.5. The second-order valence-corrected chi connectivity index (χ2v) is 8.30. The lowest BCUT2D eigenvalue weighted by molar-refractivity contribution is 0.0261. The van der Waals surface area contributed by atoms with E-state index in [2.05, 4.69) is 45.1 Å². The van der Waals surface area contributed by atoms with Crippen molar-refractivity contribution < 1.29 is 4.74 Å². The predicted octanol–water partition coefficient (Wildman–Crippen LogP) is 2.60. The van der Waals surface area contributed by atoms with E-state index in [9.17, 15) is 4.79 Å². The summed E-state index contributed by atoms with van der Waals surface area (Å²) in [6.45, 7) is 3.30. The fraction of sp³-hybridized carbons (Fsp3) is 0.545. The van der Waals surface area contributed by atoms with Gasteiger partial charge in [0, 0.05) is 31.7 Å². The maximum atomic E-state index is 12.4. The van der Waals surface area contributed by atoms with Crippen LogP contribution in [0.3, 0.4) is 0 Å². The highest BCUT2D eigenvalue weighted by molar-refractivity contribution is 5.45. The highest BCUT2D eigenvalue weighted by atomic mass is 16.5. The van der Waals surface area contributed by atoms with Crippen molar-refractivity contribution in [1.29, 1.82) is 0 Å². The third-order valence-corrected chi connectivity index (χ3v) is 6.24. The standard InChI is InChI=1S/C22H28N4O2/c27-21-14-20(25-11-12-28-19(15-25)17-8-9-17)23-22(24-21)26-10-4-7-18(26)13-16-5-2-1-3-6-16/h1-3,5-6,14,17-19H,4,7-13,15H2,(H,23,24,27)/t18-,19-/m0/s1. The van der Waals surface area contributed by atoms with E-state index in [0.717, 1.165) is 50.7 Å². The second kappa shape index (κ2) is 7.59. The number of rotatable bonds is 5. The number of nitrogens with one attached hydrogen (secondary N) is 1. The van der Waals surface area contributed by atoms with Crippen LogP contribution in [0, 0.1) is 5.92 Å². The molecular formula is C22H28N4O2. The van der Waals surface area contributed by atoms with Crippen molar-refractivity contribution in [2.75, 3.05) is 36.0 Å². The lowest BCUT2D eigenvalue weighted by Gasteiger charge is -2.34. The Labute approximate surface area is 165 Å². The topological polar surface area (TPSA) is 61.5 Å². The molecule has 2 aromatic rings. The van der Waals surface area contributed by atoms with Crippen LogP contribution in [0.5, 0.6) is 0 Å². The molecule has 2 saturated heterocycles. The van der Waals surface area contributed by atoms with E-state index in [1.54, 1.807) is 6.07 Å². The molecule has 2 aliphatic heterocycles. The molecule has 1 N–H and O–H groups in total. The Balaban J connectivity index is 1.36. The maximum Gasteiger partial charge on any atom is 0.254 e. The van der Waals surface area contributed by atoms with Crippen LogP contribution in [0.15, 0.2) is 41.2 Å². The second-order valence-electron chi connectivity index (χ2n) is 8.30. The Morgan fingerprint density at radius 3 is 2.82 bits per heavy atom. The smallest absolute Gasteiger partial charge is 0.254 e. The van der Waals surface area contributed by atoms with Gasteiger partial charge in [0.2, 0.25) is 5.95 Å². The lowest BCUT2D eigenvalue weighted by Crippen LogP contribution is -2.44. The molecule has 2 atom stereocenters. The van der Waals surface area contributed by atoms with Crippen LogP contribution in [0.2, 0.25) is 0 Å². The highest BCUT2D eigenvalue weighted by Gasteiger charge is 2.36. The van der Waals surface area contributed by atoms with Gasteiger partial charge in [-0.25, -0.2) is 0 Å². The van der Waals surface area contributed by atoms with Crippen molar-refractivity contribution in [3.05, 3.63) is 52.3 Å². The Morgan fingerprint density at radius 2 is 2.00 bits per heavy atom. The third kappa shape index (κ3) is 3.78. The predicted molar refractivity (Wildman–Crippen MR) is 110 cm³/mol. The number of aromatic amines is 1. The summed E-state index contributed by atoms with van der Waals surface area (Å²) in [6.07, 6.45) is 6.06. The number of morpholine rings is 1. The number of anilines is 2. The average molecular weight is 380 g/mol. The van der Waals surface area contributed by atoms with Crippen LogP contribution in [0.4, 0.5) is 11.8 Å². The molecule has 0 unspecified atom stereocenters. The summed E-state index contributed by atoms with van der Waals surface area (Å²) in [4.78, 5) is 24.8. The van der Waals surface area contributed by atoms with E-state index in [4.69, 9.17) is 9.72 Å². The first kappa shape index (κ1) is 17.7. The Morgan fingerprint density at radius 1 is 1.14 bits per heavy atom. The van der Waals surface area contributed by atoms with Crippen LogP contribution < -0.4 is 15.4 Å². The fourth-order valence-electron chi connectivity index (χ4n) is 4.58. The molecular weight excluding hydrogens is 352 g/mol. The van der Waals surface area contributed by atoms with Gasteiger partial charge in [0.05, 0.1) is 12.7 Å². The van der Waals surface area contributed by atoms with E-state index in [-0.39, 0.29) is 11.7 Å². The summed E-state index contributed by atoms with van der Waals surface area (Å²) in [6, 6.07) is 12.6. The number of H-pyrrole nitrogens is 1. The number of hydrogen-bond acceptors (Lipinski definition) is 5. The number of nitrogens with zero attached hydrogens (tertiary/aromatic N) is 3. The largest absolute Gasteiger partial charge is 0.374 e. The van der Waals surface area contributed by atoms with Crippen molar-refractivity contribution in [2.24, 2.45) is 5.92 Å². The summed E-state index contributed by atoms with van der Waals surface area (Å²) in [7, 11) is 0. The zero-order chi connectivity index (χ0) is 18.9. The molecule has 3 heterocycles. The summed E-state index contributed by atoms with van der Waals surface area (Å²) in [5.41, 5.74) is 1.26. The minimum Gasteiger partial charge on any atom is -0.374 e. The van der Waals surface area contributed by atoms with Crippen molar-refractivity contribution in [3.8, 4) is 0 Å². The van der Waals surface area contributed by atoms with E-state index in [0.29, 0.717) is 18.6 Å². The van der Waals surface area contributed by atoms with Crippen molar-refractivity contribution in [1.82, 2.24) is 9.97 Å². The van der Waals surface area contributed by atoms with Crippen molar-refractivity contribution >= 4 is 11.8 Å². The lowest BCUT2D eigenvalue weighted by atomic mass is 10.0. The summed E-state index contributed by atoms with van der Waals surface area (Å²) >= 11 is 0. The fourth-order valence-corrected chi connectivity index (χ4v) is 4.58. The molecule has 0 bridgehead atoms. The number of ether oxygens (including phenoxy) is 1. The number of aromatic nitrogens is 2. The van der Waals surface area contributed by atoms with Gasteiger partial charge in [0.1, 0.15) is 5.82 Å². The molecule has 1 saturated carbocycles. The van der Waals surface area contributed by atoms with Gasteiger partial charge in [-0.3, -0.25) is 9.78 Å². The summed E-state index contributed by atoms with van der Waals surface area (Å²) < 4.78 is 5.93. The van der Waals surface area contributed by atoms with Crippen LogP contribution in [0.1, 0.15) is 31.2 Å². The monoisotopic (exact) mass is 380 g/mol. The van der Waals surface area contributed by atoms with Gasteiger partial charge < -0.3 is 14.5 Å². The Bertz CT molecular complexity index is 864. The molecule has 28 heavy (non-hydrogen) atoms. The molecule has 0 amide bonds. The van der Waals surface area contributed by atoms with Gasteiger partial charge in [-0.2, -0.15) is 4.98 Å². The van der Waals surface area contributed by atoms with Gasteiger partial charge in [0.25, 0.3) is 5.56 Å². The molecule has 3 aliphatic rings. The van der Waals surface area contributed by atoms with E-state index in [1.807, 2.05) is 0 Å². The SMILES string of the molecule is O=c1cc(N2CCO[C@H](C3CC3)C2)nc(N2CCC[C@H]2Cc2ccccc2)[nH]1. The van der Waals surface area contributed by atoms with Gasteiger partial charge in [-0.05, 0) is 43.6 Å². The quantitative estimate of drug-likeness (QED) is 0.864. The van der Waals surface area contributed by atoms with Gasteiger partial charge in [-0.15, -0.1) is 0 Å². The number of benzene rings is 1. The Hall–Kier alpha value is -2.34. The summed E-state index contributed by atoms with van der Waals surface area (Å²) in [5.74, 6) is 2.20. The van der Waals surface area contributed by atoms with Crippen molar-refractivity contribution in [3.63, 3.8) is 0 Å². The van der Waals surface area contributed by atoms with Crippen LogP contribution >= 0.6 is 0 Å². The molecule has 6 nitrogen and oxygen atoms in total. The summed E-state index contributed by atoms with van der Waals surface area (Å²) in [5, 5.41) is 0. The molecule has 1 aliphatic carbocycles. The average Bonchev–Trinajstić information content (AvgIpc) is 3.48. The van der Waals surface area contributed by atoms with Gasteiger partial charge in [-0.1, -0.05) is 30.3 Å². The Kier molecular flexibility index (Phi) is 4.81. The minimum absolute atomic E-state index is 0.0696. The molecule has 0 spiro atoms. The van der Waals surface area contributed by atoms with Gasteiger partial charge in [0.15, 0.2) is 0 Å². The third-order valence-electron chi connectivity index (χ3n) is 6.24. The molecule has 0 radical (unpaired) electrons. The zero-order valence-electron chi connectivity index (χ0n) is 16.2. The molecule has 148 valence electrons. The minimum atomic E-state index is -0.0696. The normalized spacial score (nSPS) is 25.3. The van der Waals surface area contributed by atoms with E-state index in [1.165, 1.54) is 18.4 Å². The van der Waals surface area contributed by atoms with Crippen LogP contribution in [-0.4, -0.2) is 48.4 Å². The van der Waals surface area contributed by atoms with Gasteiger partial charge >= 0.3 is 0 Å². The van der Waals surface area contributed by atoms with Crippen molar-refractivity contribution in [2.45, 2.75) is 44.2 Å². The first-order valence-corrected chi connectivity index (χ1v) is 10.5. The molecule has 6 heteroatoms. The molecule has 1 aromatic carbocycles. The maximum absolute atomic E-state index is 12.4. The van der Waals surface area contributed by atoms with Crippen LogP contribution in [-0.2, 0) is 11.2 Å². The van der Waals surface area contributed by atoms with E-state index >= 15 is 0 Å². The highest BCUT2D eigenvalue weighted by Crippen LogP contribution is 2.36. The first-order chi connectivity index (χ1) is 13.8. The molecule has 5 rings (SSSR count). The van der Waals surface area contributed by atoms with Crippen LogP contribution in [0.25, 0.3) is 0 Å². The molecule has 3 fully saturated rings.